The van der Waals surface area contributed by atoms with E-state index >= 15 is 0 Å². The van der Waals surface area contributed by atoms with Crippen LogP contribution in [0.5, 0.6) is 0 Å². The predicted molar refractivity (Wildman–Crippen MR) is 60.5 cm³/mol. The Balaban J connectivity index is 1.90. The van der Waals surface area contributed by atoms with Gasteiger partial charge in [-0.1, -0.05) is 6.42 Å². The third kappa shape index (κ3) is 2.29. The standard InChI is InChI=1S/C12H24N2/c1-10(11-6-7-11)14-8-4-3-5-12(14)9-13-2/h10-13H,3-9H2,1-2H3. The van der Waals surface area contributed by atoms with E-state index < -0.39 is 0 Å². The van der Waals surface area contributed by atoms with Gasteiger partial charge in [0.15, 0.2) is 0 Å². The van der Waals surface area contributed by atoms with E-state index in [-0.39, 0.29) is 0 Å². The van der Waals surface area contributed by atoms with Crippen molar-refractivity contribution in [1.29, 1.82) is 0 Å². The van der Waals surface area contributed by atoms with Gasteiger partial charge in [0, 0.05) is 18.6 Å². The maximum atomic E-state index is 3.34. The van der Waals surface area contributed by atoms with Crippen LogP contribution in [-0.4, -0.2) is 37.1 Å². The van der Waals surface area contributed by atoms with Gasteiger partial charge < -0.3 is 5.32 Å². The number of likely N-dealkylation sites (N-methyl/N-ethyl adjacent to an activating group) is 1. The fraction of sp³-hybridized carbons (Fsp3) is 1.00. The van der Waals surface area contributed by atoms with E-state index in [1.807, 2.05) is 0 Å². The second-order valence-electron chi connectivity index (χ2n) is 5.02. The Kier molecular flexibility index (Phi) is 3.45. The molecule has 82 valence electrons. The summed E-state index contributed by atoms with van der Waals surface area (Å²) >= 11 is 0. The molecule has 2 aliphatic rings. The number of nitrogens with zero attached hydrogens (tertiary/aromatic N) is 1. The fourth-order valence-corrected chi connectivity index (χ4v) is 2.86. The SMILES string of the molecule is CNCC1CCCCN1C(C)C1CC1. The van der Waals surface area contributed by atoms with Gasteiger partial charge in [-0.05, 0) is 52.1 Å². The van der Waals surface area contributed by atoms with E-state index in [0.717, 1.165) is 18.0 Å². The van der Waals surface area contributed by atoms with E-state index in [1.165, 1.54) is 45.2 Å². The summed E-state index contributed by atoms with van der Waals surface area (Å²) in [6.45, 7) is 4.95. The molecule has 2 nitrogen and oxygen atoms in total. The molecule has 0 radical (unpaired) electrons. The zero-order chi connectivity index (χ0) is 9.97. The summed E-state index contributed by atoms with van der Waals surface area (Å²) in [5, 5.41) is 3.34. The minimum atomic E-state index is 0.810. The molecule has 2 fully saturated rings. The van der Waals surface area contributed by atoms with Crippen LogP contribution in [-0.2, 0) is 0 Å². The minimum Gasteiger partial charge on any atom is -0.318 e. The Bertz CT molecular complexity index is 175. The van der Waals surface area contributed by atoms with Crippen LogP contribution in [0.25, 0.3) is 0 Å². The van der Waals surface area contributed by atoms with Crippen LogP contribution < -0.4 is 5.32 Å². The van der Waals surface area contributed by atoms with Crippen molar-refractivity contribution in [2.75, 3.05) is 20.1 Å². The maximum Gasteiger partial charge on any atom is 0.0223 e. The Hall–Kier alpha value is -0.0800. The van der Waals surface area contributed by atoms with Gasteiger partial charge in [0.1, 0.15) is 0 Å². The predicted octanol–water partition coefficient (Wildman–Crippen LogP) is 1.86. The Morgan fingerprint density at radius 3 is 2.71 bits per heavy atom. The smallest absolute Gasteiger partial charge is 0.0223 e. The lowest BCUT2D eigenvalue weighted by Crippen LogP contribution is -2.49. The monoisotopic (exact) mass is 196 g/mol. The molecule has 0 aromatic rings. The molecule has 0 amide bonds. The lowest BCUT2D eigenvalue weighted by molar-refractivity contribution is 0.0919. The van der Waals surface area contributed by atoms with Crippen LogP contribution in [0.3, 0.4) is 0 Å². The molecule has 14 heavy (non-hydrogen) atoms. The van der Waals surface area contributed by atoms with E-state index in [0.29, 0.717) is 0 Å². The third-order valence-corrected chi connectivity index (χ3v) is 3.94. The molecule has 1 N–H and O–H groups in total. The zero-order valence-corrected chi connectivity index (χ0v) is 9.63. The second-order valence-corrected chi connectivity index (χ2v) is 5.02. The average molecular weight is 196 g/mol. The first-order chi connectivity index (χ1) is 6.83. The summed E-state index contributed by atoms with van der Waals surface area (Å²) in [4.78, 5) is 2.76. The van der Waals surface area contributed by atoms with Crippen LogP contribution in [0.4, 0.5) is 0 Å². The van der Waals surface area contributed by atoms with E-state index in [1.54, 1.807) is 0 Å². The molecule has 0 aromatic heterocycles. The quantitative estimate of drug-likeness (QED) is 0.738. The molecule has 1 saturated heterocycles. The second kappa shape index (κ2) is 4.63. The lowest BCUT2D eigenvalue weighted by atomic mass is 9.98. The van der Waals surface area contributed by atoms with Crippen molar-refractivity contribution < 1.29 is 0 Å². The van der Waals surface area contributed by atoms with Crippen LogP contribution in [0.15, 0.2) is 0 Å². The summed E-state index contributed by atoms with van der Waals surface area (Å²) in [6, 6.07) is 1.65. The van der Waals surface area contributed by atoms with Crippen molar-refractivity contribution in [1.82, 2.24) is 10.2 Å². The van der Waals surface area contributed by atoms with Crippen LogP contribution in [0, 0.1) is 5.92 Å². The van der Waals surface area contributed by atoms with Gasteiger partial charge >= 0.3 is 0 Å². The molecule has 2 rings (SSSR count). The van der Waals surface area contributed by atoms with Gasteiger partial charge in [-0.3, -0.25) is 4.90 Å². The average Bonchev–Trinajstić information content (AvgIpc) is 3.01. The van der Waals surface area contributed by atoms with Gasteiger partial charge in [0.25, 0.3) is 0 Å². The topological polar surface area (TPSA) is 15.3 Å². The first kappa shape index (κ1) is 10.4. The number of rotatable bonds is 4. The number of likely N-dealkylation sites (tertiary alicyclic amines) is 1. The first-order valence-corrected chi connectivity index (χ1v) is 6.23. The molecule has 2 unspecified atom stereocenters. The molecule has 1 aliphatic heterocycles. The van der Waals surface area contributed by atoms with Gasteiger partial charge in [-0.15, -0.1) is 0 Å². The van der Waals surface area contributed by atoms with Crippen LogP contribution in [0.2, 0.25) is 0 Å². The van der Waals surface area contributed by atoms with Gasteiger partial charge in [-0.25, -0.2) is 0 Å². The number of hydrogen-bond donors (Lipinski definition) is 1. The molecule has 0 aromatic carbocycles. The molecule has 2 heteroatoms. The first-order valence-electron chi connectivity index (χ1n) is 6.23. The third-order valence-electron chi connectivity index (χ3n) is 3.94. The van der Waals surface area contributed by atoms with E-state index in [9.17, 15) is 0 Å². The highest BCUT2D eigenvalue weighted by Crippen LogP contribution is 2.37. The molecule has 2 atom stereocenters. The summed E-state index contributed by atoms with van der Waals surface area (Å²) in [7, 11) is 2.08. The zero-order valence-electron chi connectivity index (χ0n) is 9.63. The summed E-state index contributed by atoms with van der Waals surface area (Å²) in [5.41, 5.74) is 0. The molecular formula is C12H24N2. The highest BCUT2D eigenvalue weighted by Gasteiger charge is 2.35. The number of piperidine rings is 1. The number of hydrogen-bond acceptors (Lipinski definition) is 2. The Labute approximate surface area is 88.1 Å². The van der Waals surface area contributed by atoms with Crippen LogP contribution in [0.1, 0.15) is 39.0 Å². The van der Waals surface area contributed by atoms with Crippen molar-refractivity contribution in [3.8, 4) is 0 Å². The maximum absolute atomic E-state index is 3.34. The Morgan fingerprint density at radius 2 is 2.07 bits per heavy atom. The van der Waals surface area contributed by atoms with Crippen molar-refractivity contribution in [3.63, 3.8) is 0 Å². The summed E-state index contributed by atoms with van der Waals surface area (Å²) < 4.78 is 0. The van der Waals surface area contributed by atoms with Crippen molar-refractivity contribution >= 4 is 0 Å². The Morgan fingerprint density at radius 1 is 1.29 bits per heavy atom. The van der Waals surface area contributed by atoms with Gasteiger partial charge in [0.05, 0.1) is 0 Å². The lowest BCUT2D eigenvalue weighted by Gasteiger charge is -2.40. The largest absolute Gasteiger partial charge is 0.318 e. The van der Waals surface area contributed by atoms with Gasteiger partial charge in [0.2, 0.25) is 0 Å². The fourth-order valence-electron chi connectivity index (χ4n) is 2.86. The molecule has 0 spiro atoms. The van der Waals surface area contributed by atoms with Crippen LogP contribution >= 0.6 is 0 Å². The molecule has 1 aliphatic carbocycles. The minimum absolute atomic E-state index is 0.810. The molecule has 1 heterocycles. The van der Waals surface area contributed by atoms with Crippen molar-refractivity contribution in [2.45, 2.75) is 51.1 Å². The molecular weight excluding hydrogens is 172 g/mol. The highest BCUT2D eigenvalue weighted by molar-refractivity contribution is 4.90. The normalized spacial score (nSPS) is 31.7. The van der Waals surface area contributed by atoms with Crippen molar-refractivity contribution in [2.24, 2.45) is 5.92 Å². The van der Waals surface area contributed by atoms with Gasteiger partial charge in [-0.2, -0.15) is 0 Å². The number of nitrogens with one attached hydrogen (secondary N) is 1. The highest BCUT2D eigenvalue weighted by atomic mass is 15.2. The summed E-state index contributed by atoms with van der Waals surface area (Å²) in [6.07, 6.45) is 7.20. The summed E-state index contributed by atoms with van der Waals surface area (Å²) in [5.74, 6) is 1.02. The van der Waals surface area contributed by atoms with E-state index in [4.69, 9.17) is 0 Å². The van der Waals surface area contributed by atoms with E-state index in [2.05, 4.69) is 24.2 Å². The molecule has 1 saturated carbocycles. The van der Waals surface area contributed by atoms with Crippen molar-refractivity contribution in [3.05, 3.63) is 0 Å². The molecule has 0 bridgehead atoms.